The maximum Gasteiger partial charge on any atom is 0.234 e. The number of likely N-dealkylation sites (tertiary alicyclic amines) is 1. The van der Waals surface area contributed by atoms with Gasteiger partial charge in [-0.1, -0.05) is 0 Å². The van der Waals surface area contributed by atoms with Crippen LogP contribution in [0.4, 0.5) is 0 Å². The topological polar surface area (TPSA) is 86.7 Å². The highest BCUT2D eigenvalue weighted by molar-refractivity contribution is 7.91. The first-order chi connectivity index (χ1) is 9.26. The fraction of sp³-hybridized carbons (Fsp3) is 0.923. The van der Waals surface area contributed by atoms with Crippen LogP contribution in [-0.2, 0) is 14.6 Å². The van der Waals surface area contributed by atoms with E-state index in [9.17, 15) is 18.3 Å². The molecular formula is C13H24N2O4S. The van der Waals surface area contributed by atoms with Gasteiger partial charge in [-0.2, -0.15) is 0 Å². The van der Waals surface area contributed by atoms with Crippen LogP contribution in [0.15, 0.2) is 0 Å². The Bertz CT molecular complexity index is 461. The van der Waals surface area contributed by atoms with Gasteiger partial charge in [0.05, 0.1) is 23.7 Å². The molecule has 0 aromatic carbocycles. The molecule has 0 radical (unpaired) electrons. The van der Waals surface area contributed by atoms with Crippen LogP contribution in [0.5, 0.6) is 0 Å². The molecule has 1 amide bonds. The van der Waals surface area contributed by atoms with E-state index in [1.165, 1.54) is 0 Å². The van der Waals surface area contributed by atoms with Gasteiger partial charge in [-0.15, -0.1) is 0 Å². The minimum absolute atomic E-state index is 0.0629. The zero-order valence-electron chi connectivity index (χ0n) is 12.0. The number of amides is 1. The quantitative estimate of drug-likeness (QED) is 0.736. The summed E-state index contributed by atoms with van der Waals surface area (Å²) in [6, 6.07) is -0.234. The van der Waals surface area contributed by atoms with Gasteiger partial charge >= 0.3 is 0 Å². The monoisotopic (exact) mass is 304 g/mol. The first-order valence-electron chi connectivity index (χ1n) is 7.20. The van der Waals surface area contributed by atoms with Crippen molar-refractivity contribution in [2.75, 3.05) is 31.1 Å². The van der Waals surface area contributed by atoms with Gasteiger partial charge in [-0.05, 0) is 39.2 Å². The summed E-state index contributed by atoms with van der Waals surface area (Å²) in [7, 11) is -2.96. The van der Waals surface area contributed by atoms with E-state index in [4.69, 9.17) is 0 Å². The molecule has 20 heavy (non-hydrogen) atoms. The molecule has 2 heterocycles. The van der Waals surface area contributed by atoms with E-state index in [1.807, 2.05) is 11.8 Å². The van der Waals surface area contributed by atoms with E-state index in [-0.39, 0.29) is 30.0 Å². The van der Waals surface area contributed by atoms with Gasteiger partial charge in [0.15, 0.2) is 9.84 Å². The van der Waals surface area contributed by atoms with Gasteiger partial charge in [0.1, 0.15) is 0 Å². The molecule has 2 fully saturated rings. The molecule has 0 aliphatic carbocycles. The van der Waals surface area contributed by atoms with Crippen LogP contribution >= 0.6 is 0 Å². The number of nitrogens with one attached hydrogen (secondary N) is 1. The first kappa shape index (κ1) is 15.7. The molecular weight excluding hydrogens is 280 g/mol. The zero-order chi connectivity index (χ0) is 14.8. The first-order valence-corrected chi connectivity index (χ1v) is 9.02. The highest BCUT2D eigenvalue weighted by atomic mass is 32.2. The normalized spacial score (nSPS) is 34.6. The largest absolute Gasteiger partial charge is 0.390 e. The summed E-state index contributed by atoms with van der Waals surface area (Å²) < 4.78 is 22.7. The molecule has 2 unspecified atom stereocenters. The lowest BCUT2D eigenvalue weighted by Gasteiger charge is -2.22. The maximum absolute atomic E-state index is 11.9. The molecule has 2 rings (SSSR count). The summed E-state index contributed by atoms with van der Waals surface area (Å²) >= 11 is 0. The van der Waals surface area contributed by atoms with Crippen molar-refractivity contribution in [3.8, 4) is 0 Å². The van der Waals surface area contributed by atoms with Crippen LogP contribution in [0.25, 0.3) is 0 Å². The summed E-state index contributed by atoms with van der Waals surface area (Å²) in [5, 5.41) is 12.8. The smallest absolute Gasteiger partial charge is 0.234 e. The second kappa shape index (κ2) is 5.99. The molecule has 0 spiro atoms. The van der Waals surface area contributed by atoms with Gasteiger partial charge in [-0.3, -0.25) is 9.69 Å². The lowest BCUT2D eigenvalue weighted by molar-refractivity contribution is -0.122. The molecule has 2 N–H and O–H groups in total. The van der Waals surface area contributed by atoms with Gasteiger partial charge in [-0.25, -0.2) is 8.42 Å². The van der Waals surface area contributed by atoms with Crippen LogP contribution in [0, 0.1) is 0 Å². The summed E-state index contributed by atoms with van der Waals surface area (Å²) in [5.41, 5.74) is -0.634. The Morgan fingerprint density at radius 1 is 1.40 bits per heavy atom. The number of rotatable bonds is 3. The van der Waals surface area contributed by atoms with Crippen molar-refractivity contribution in [1.29, 1.82) is 0 Å². The predicted octanol–water partition coefficient (Wildman–Crippen LogP) is -0.473. The fourth-order valence-corrected chi connectivity index (χ4v) is 4.54. The van der Waals surface area contributed by atoms with Crippen molar-refractivity contribution in [3.63, 3.8) is 0 Å². The fourth-order valence-electron chi connectivity index (χ4n) is 2.86. The highest BCUT2D eigenvalue weighted by Gasteiger charge is 2.30. The lowest BCUT2D eigenvalue weighted by atomic mass is 9.98. The molecule has 2 saturated heterocycles. The number of nitrogens with zero attached hydrogens (tertiary/aromatic N) is 1. The summed E-state index contributed by atoms with van der Waals surface area (Å²) in [6.07, 6.45) is 2.81. The molecule has 0 saturated carbocycles. The number of carbonyl (C=O) groups excluding carboxylic acids is 1. The number of aliphatic hydroxyl groups is 1. The highest BCUT2D eigenvalue weighted by Crippen LogP contribution is 2.21. The average Bonchev–Trinajstić information content (AvgIpc) is 2.55. The average molecular weight is 304 g/mol. The molecule has 0 bridgehead atoms. The third-order valence-corrected chi connectivity index (χ3v) is 5.89. The molecule has 6 nitrogen and oxygen atoms in total. The lowest BCUT2D eigenvalue weighted by Crippen LogP contribution is -2.43. The van der Waals surface area contributed by atoms with Crippen LogP contribution < -0.4 is 5.32 Å². The molecule has 116 valence electrons. The SMILES string of the molecule is CC1(O)CCCN(CC(=O)NC2CCS(=O)(=O)C2)CC1. The molecule has 2 aliphatic heterocycles. The van der Waals surface area contributed by atoms with Gasteiger partial charge in [0.25, 0.3) is 0 Å². The van der Waals surface area contributed by atoms with E-state index >= 15 is 0 Å². The van der Waals surface area contributed by atoms with E-state index in [0.29, 0.717) is 19.4 Å². The Kier molecular flexibility index (Phi) is 4.71. The minimum atomic E-state index is -2.96. The number of sulfone groups is 1. The molecule has 0 aromatic rings. The molecule has 2 aliphatic rings. The number of hydrogen-bond donors (Lipinski definition) is 2. The van der Waals surface area contributed by atoms with Crippen molar-refractivity contribution >= 4 is 15.7 Å². The van der Waals surface area contributed by atoms with Crippen molar-refractivity contribution in [3.05, 3.63) is 0 Å². The summed E-state index contributed by atoms with van der Waals surface area (Å²) in [6.45, 7) is 3.61. The second-order valence-corrected chi connectivity index (χ2v) is 8.52. The van der Waals surface area contributed by atoms with E-state index in [0.717, 1.165) is 19.4 Å². The number of carbonyl (C=O) groups is 1. The standard InChI is InChI=1S/C13H24N2O4S/c1-13(17)4-2-6-15(7-5-13)9-12(16)14-11-3-8-20(18,19)10-11/h11,17H,2-10H2,1H3,(H,14,16). The predicted molar refractivity (Wildman–Crippen MR) is 76.1 cm³/mol. The van der Waals surface area contributed by atoms with Crippen LogP contribution in [0.1, 0.15) is 32.6 Å². The Morgan fingerprint density at radius 3 is 2.80 bits per heavy atom. The third kappa shape index (κ3) is 4.71. The van der Waals surface area contributed by atoms with Crippen molar-refractivity contribution < 1.29 is 18.3 Å². The minimum Gasteiger partial charge on any atom is -0.390 e. The Balaban J connectivity index is 1.77. The molecule has 2 atom stereocenters. The van der Waals surface area contributed by atoms with Crippen LogP contribution in [0.3, 0.4) is 0 Å². The van der Waals surface area contributed by atoms with E-state index in [1.54, 1.807) is 0 Å². The Morgan fingerprint density at radius 2 is 2.15 bits per heavy atom. The van der Waals surface area contributed by atoms with E-state index < -0.39 is 15.4 Å². The van der Waals surface area contributed by atoms with Crippen molar-refractivity contribution in [1.82, 2.24) is 10.2 Å². The Hall–Kier alpha value is -0.660. The van der Waals surface area contributed by atoms with Gasteiger partial charge in [0.2, 0.25) is 5.91 Å². The van der Waals surface area contributed by atoms with E-state index in [2.05, 4.69) is 5.32 Å². The van der Waals surface area contributed by atoms with Crippen molar-refractivity contribution in [2.24, 2.45) is 0 Å². The Labute approximate surface area is 120 Å². The van der Waals surface area contributed by atoms with Crippen LogP contribution in [-0.4, -0.2) is 67.1 Å². The van der Waals surface area contributed by atoms with Gasteiger partial charge in [0, 0.05) is 12.6 Å². The number of hydrogen-bond acceptors (Lipinski definition) is 5. The summed E-state index contributed by atoms with van der Waals surface area (Å²) in [5.74, 6) is 0.117. The second-order valence-electron chi connectivity index (χ2n) is 6.29. The third-order valence-electron chi connectivity index (χ3n) is 4.12. The van der Waals surface area contributed by atoms with Crippen LogP contribution in [0.2, 0.25) is 0 Å². The molecule has 0 aromatic heterocycles. The molecule has 7 heteroatoms. The van der Waals surface area contributed by atoms with Gasteiger partial charge < -0.3 is 10.4 Å². The summed E-state index contributed by atoms with van der Waals surface area (Å²) in [4.78, 5) is 14.0. The maximum atomic E-state index is 11.9. The van der Waals surface area contributed by atoms with Crippen molar-refractivity contribution in [2.45, 2.75) is 44.2 Å². The zero-order valence-corrected chi connectivity index (χ0v) is 12.8.